The maximum absolute atomic E-state index is 4.08. The quantitative estimate of drug-likeness (QED) is 0.560. The van der Waals surface area contributed by atoms with Crippen LogP contribution in [0.5, 0.6) is 0 Å². The fraction of sp³-hybridized carbons (Fsp3) is 0.800. The van der Waals surface area contributed by atoms with E-state index in [0.29, 0.717) is 0 Å². The monoisotopic (exact) mass is 140 g/mol. The van der Waals surface area contributed by atoms with Crippen molar-refractivity contribution in [1.29, 1.82) is 0 Å². The molecule has 0 fully saturated rings. The van der Waals surface area contributed by atoms with Crippen molar-refractivity contribution < 1.29 is 0 Å². The fourth-order valence-electron chi connectivity index (χ4n) is 1.23. The Bertz CT molecular complexity index is 72.5. The van der Waals surface area contributed by atoms with Crippen LogP contribution in [-0.2, 0) is 0 Å². The molecule has 0 saturated carbocycles. The minimum absolute atomic E-state index is 0.234. The minimum atomic E-state index is 0.234. The largest absolute Gasteiger partial charge is 0.0651 e. The van der Waals surface area contributed by atoms with E-state index in [-0.39, 0.29) is 5.41 Å². The highest BCUT2D eigenvalue weighted by Gasteiger charge is 2.15. The van der Waals surface area contributed by atoms with Crippen LogP contribution in [0.25, 0.3) is 0 Å². The van der Waals surface area contributed by atoms with Crippen LogP contribution >= 0.6 is 0 Å². The Morgan fingerprint density at radius 2 is 1.90 bits per heavy atom. The zero-order chi connectivity index (χ0) is 8.20. The van der Waals surface area contributed by atoms with Gasteiger partial charge in [0.15, 0.2) is 0 Å². The molecule has 0 aliphatic heterocycles. The third-order valence-electron chi connectivity index (χ3n) is 1.83. The number of hydrogen-bond donors (Lipinski definition) is 0. The molecule has 0 nitrogen and oxygen atoms in total. The van der Waals surface area contributed by atoms with Gasteiger partial charge in [-0.3, -0.25) is 0 Å². The topological polar surface area (TPSA) is 0 Å². The van der Waals surface area contributed by atoms with Crippen molar-refractivity contribution in [1.82, 2.24) is 0 Å². The lowest BCUT2D eigenvalue weighted by Gasteiger charge is -2.23. The zero-order valence-corrected chi connectivity index (χ0v) is 7.61. The standard InChI is InChI=1S/C10H20/c1-6-9(7-2)8-10(3,4)5/h9H,1,3,6-8H2,2,4-5H3. The molecule has 10 heavy (non-hydrogen) atoms. The van der Waals surface area contributed by atoms with Gasteiger partial charge in [-0.25, -0.2) is 0 Å². The second-order valence-corrected chi connectivity index (χ2v) is 3.93. The third-order valence-corrected chi connectivity index (χ3v) is 1.83. The molecule has 0 amide bonds. The van der Waals surface area contributed by atoms with Crippen LogP contribution in [0.15, 0.2) is 0 Å². The molecule has 0 aromatic heterocycles. The molecule has 0 aliphatic rings. The normalized spacial score (nSPS) is 12.6. The van der Waals surface area contributed by atoms with E-state index in [1.165, 1.54) is 12.8 Å². The van der Waals surface area contributed by atoms with Gasteiger partial charge in [0.25, 0.3) is 0 Å². The van der Waals surface area contributed by atoms with Crippen molar-refractivity contribution in [2.24, 2.45) is 11.3 Å². The van der Waals surface area contributed by atoms with Gasteiger partial charge in [0, 0.05) is 0 Å². The van der Waals surface area contributed by atoms with Crippen molar-refractivity contribution in [2.45, 2.75) is 40.0 Å². The van der Waals surface area contributed by atoms with E-state index in [9.17, 15) is 0 Å². The molecule has 0 bridgehead atoms. The third kappa shape index (κ3) is 4.84. The highest BCUT2D eigenvalue weighted by atomic mass is 14.2. The van der Waals surface area contributed by atoms with Crippen LogP contribution in [0.1, 0.15) is 40.0 Å². The maximum Gasteiger partial charge on any atom is -0.0351 e. The lowest BCUT2D eigenvalue weighted by atomic mass is 9.82. The summed E-state index contributed by atoms with van der Waals surface area (Å²) in [7, 11) is 0. The van der Waals surface area contributed by atoms with Crippen LogP contribution in [0, 0.1) is 25.2 Å². The summed E-state index contributed by atoms with van der Waals surface area (Å²) in [4.78, 5) is 0. The van der Waals surface area contributed by atoms with Gasteiger partial charge >= 0.3 is 0 Å². The SMILES string of the molecule is [CH2]CC(CC)CC([CH2])(C)C. The highest BCUT2D eigenvalue weighted by molar-refractivity contribution is 4.75. The number of rotatable bonds is 4. The summed E-state index contributed by atoms with van der Waals surface area (Å²) < 4.78 is 0. The fourth-order valence-corrected chi connectivity index (χ4v) is 1.23. The highest BCUT2D eigenvalue weighted by Crippen LogP contribution is 2.27. The van der Waals surface area contributed by atoms with E-state index in [4.69, 9.17) is 0 Å². The average molecular weight is 140 g/mol. The second-order valence-electron chi connectivity index (χ2n) is 3.93. The molecule has 0 saturated heterocycles. The van der Waals surface area contributed by atoms with E-state index in [1.54, 1.807) is 0 Å². The Morgan fingerprint density at radius 3 is 2.00 bits per heavy atom. The molecule has 0 heterocycles. The predicted octanol–water partition coefficient (Wildman–Crippen LogP) is 3.49. The zero-order valence-electron chi connectivity index (χ0n) is 7.61. The predicted molar refractivity (Wildman–Crippen MR) is 47.5 cm³/mol. The van der Waals surface area contributed by atoms with Crippen LogP contribution < -0.4 is 0 Å². The summed E-state index contributed by atoms with van der Waals surface area (Å²) in [6.07, 6.45) is 3.49. The van der Waals surface area contributed by atoms with Crippen LogP contribution in [0.2, 0.25) is 0 Å². The van der Waals surface area contributed by atoms with Crippen LogP contribution in [0.3, 0.4) is 0 Å². The van der Waals surface area contributed by atoms with Crippen molar-refractivity contribution in [3.63, 3.8) is 0 Å². The molecular formula is C10H20. The van der Waals surface area contributed by atoms with Crippen molar-refractivity contribution in [3.05, 3.63) is 13.8 Å². The summed E-state index contributed by atoms with van der Waals surface area (Å²) in [5.74, 6) is 0.771. The van der Waals surface area contributed by atoms with Gasteiger partial charge in [-0.1, -0.05) is 40.5 Å². The molecule has 2 radical (unpaired) electrons. The molecular weight excluding hydrogens is 120 g/mol. The summed E-state index contributed by atoms with van der Waals surface area (Å²) in [6.45, 7) is 14.6. The Kier molecular flexibility index (Phi) is 4.00. The van der Waals surface area contributed by atoms with E-state index in [1.807, 2.05) is 0 Å². The van der Waals surface area contributed by atoms with E-state index in [2.05, 4.69) is 34.6 Å². The lowest BCUT2D eigenvalue weighted by Crippen LogP contribution is -2.12. The summed E-state index contributed by atoms with van der Waals surface area (Å²) in [5, 5.41) is 0. The van der Waals surface area contributed by atoms with Crippen LogP contribution in [0.4, 0.5) is 0 Å². The Hall–Kier alpha value is 0. The summed E-state index contributed by atoms with van der Waals surface area (Å²) in [5.41, 5.74) is 0.234. The van der Waals surface area contributed by atoms with Gasteiger partial charge in [0.2, 0.25) is 0 Å². The average Bonchev–Trinajstić information content (AvgIpc) is 1.81. The van der Waals surface area contributed by atoms with E-state index < -0.39 is 0 Å². The molecule has 0 aliphatic carbocycles. The van der Waals surface area contributed by atoms with E-state index in [0.717, 1.165) is 12.3 Å². The van der Waals surface area contributed by atoms with E-state index >= 15 is 0 Å². The van der Waals surface area contributed by atoms with Crippen molar-refractivity contribution in [3.8, 4) is 0 Å². The molecule has 0 spiro atoms. The van der Waals surface area contributed by atoms with Crippen molar-refractivity contribution in [2.75, 3.05) is 0 Å². The molecule has 0 aromatic carbocycles. The van der Waals surface area contributed by atoms with Gasteiger partial charge in [-0.05, 0) is 24.7 Å². The van der Waals surface area contributed by atoms with Gasteiger partial charge in [-0.2, -0.15) is 0 Å². The first-order valence-electron chi connectivity index (χ1n) is 4.14. The Labute approximate surface area is 66.0 Å². The molecule has 1 atom stereocenters. The molecule has 0 aromatic rings. The molecule has 1 unspecified atom stereocenters. The first-order valence-corrected chi connectivity index (χ1v) is 4.14. The first kappa shape index (κ1) is 10.0. The molecule has 0 heteroatoms. The lowest BCUT2D eigenvalue weighted by molar-refractivity contribution is 0.322. The van der Waals surface area contributed by atoms with Crippen LogP contribution in [-0.4, -0.2) is 0 Å². The second kappa shape index (κ2) is 4.00. The number of hydrogen-bond acceptors (Lipinski definition) is 0. The molecule has 0 rings (SSSR count). The Balaban J connectivity index is 3.63. The smallest absolute Gasteiger partial charge is 0.0351 e. The maximum atomic E-state index is 4.08. The summed E-state index contributed by atoms with van der Waals surface area (Å²) in [6, 6.07) is 0. The van der Waals surface area contributed by atoms with Gasteiger partial charge in [-0.15, -0.1) is 0 Å². The Morgan fingerprint density at radius 1 is 1.40 bits per heavy atom. The van der Waals surface area contributed by atoms with Gasteiger partial charge in [0.05, 0.1) is 0 Å². The van der Waals surface area contributed by atoms with Crippen molar-refractivity contribution >= 4 is 0 Å². The molecule has 60 valence electrons. The minimum Gasteiger partial charge on any atom is -0.0651 e. The van der Waals surface area contributed by atoms with Gasteiger partial charge in [0.1, 0.15) is 0 Å². The first-order chi connectivity index (χ1) is 4.49. The molecule has 0 N–H and O–H groups in total. The summed E-state index contributed by atoms with van der Waals surface area (Å²) >= 11 is 0. The van der Waals surface area contributed by atoms with Gasteiger partial charge < -0.3 is 0 Å².